The Bertz CT molecular complexity index is 405. The minimum Gasteiger partial charge on any atom is -0.444 e. The summed E-state index contributed by atoms with van der Waals surface area (Å²) in [4.78, 5) is 23.9. The number of alkyl carbamates (subject to hydrolysis) is 1. The maximum atomic E-state index is 12.2. The zero-order valence-corrected chi connectivity index (χ0v) is 13.6. The van der Waals surface area contributed by atoms with Gasteiger partial charge in [0, 0.05) is 11.0 Å². The number of hydrogen-bond donors (Lipinski definition) is 1. The van der Waals surface area contributed by atoms with E-state index in [1.165, 1.54) is 0 Å². The highest BCUT2D eigenvalue weighted by molar-refractivity contribution is 9.10. The van der Waals surface area contributed by atoms with Gasteiger partial charge >= 0.3 is 6.09 Å². The van der Waals surface area contributed by atoms with E-state index in [-0.39, 0.29) is 27.7 Å². The summed E-state index contributed by atoms with van der Waals surface area (Å²) in [5, 5.41) is 2.97. The van der Waals surface area contributed by atoms with Gasteiger partial charge in [0.25, 0.3) is 0 Å². The number of fused-ring (bicyclic) bond motifs is 1. The summed E-state index contributed by atoms with van der Waals surface area (Å²) in [5.41, 5.74) is -0.905. The molecule has 0 saturated heterocycles. The molecule has 0 heterocycles. The third-order valence-corrected chi connectivity index (χ3v) is 4.50. The van der Waals surface area contributed by atoms with Crippen molar-refractivity contribution in [2.24, 2.45) is 5.41 Å². The molecule has 3 fully saturated rings. The second kappa shape index (κ2) is 4.47. The van der Waals surface area contributed by atoms with Gasteiger partial charge in [0.15, 0.2) is 5.78 Å². The molecule has 0 aromatic heterocycles. The number of amides is 1. The molecule has 2 bridgehead atoms. The van der Waals surface area contributed by atoms with Crippen molar-refractivity contribution in [3.05, 3.63) is 0 Å². The van der Waals surface area contributed by atoms with E-state index in [0.29, 0.717) is 0 Å². The Morgan fingerprint density at radius 3 is 2.32 bits per heavy atom. The molecule has 0 spiro atoms. The Hall–Kier alpha value is -0.580. The fourth-order valence-electron chi connectivity index (χ4n) is 3.47. The van der Waals surface area contributed by atoms with E-state index in [1.807, 2.05) is 27.7 Å². The SMILES string of the molecule is CC(Br)C(=O)C12CCC(NC(=O)OC(C)(C)C)(C1)C2. The van der Waals surface area contributed by atoms with Crippen LogP contribution in [-0.4, -0.2) is 27.8 Å². The molecule has 0 aliphatic heterocycles. The maximum Gasteiger partial charge on any atom is 0.408 e. The lowest BCUT2D eigenvalue weighted by Gasteiger charge is -2.47. The first-order chi connectivity index (χ1) is 8.58. The summed E-state index contributed by atoms with van der Waals surface area (Å²) in [6, 6.07) is 0. The molecular weight excluding hydrogens is 310 g/mol. The van der Waals surface area contributed by atoms with Gasteiger partial charge in [-0.3, -0.25) is 4.79 Å². The summed E-state index contributed by atoms with van der Waals surface area (Å²) in [6.07, 6.45) is 2.89. The highest BCUT2D eigenvalue weighted by Gasteiger charge is 2.65. The number of carbonyl (C=O) groups excluding carboxylic acids is 2. The molecule has 0 radical (unpaired) electrons. The average Bonchev–Trinajstić information content (AvgIpc) is 2.68. The smallest absolute Gasteiger partial charge is 0.408 e. The number of Topliss-reactive ketones (excluding diaryl/α,β-unsaturated/α-hetero) is 1. The molecule has 0 aromatic carbocycles. The van der Waals surface area contributed by atoms with Crippen molar-refractivity contribution in [1.82, 2.24) is 5.32 Å². The number of halogens is 1. The summed E-state index contributed by atoms with van der Waals surface area (Å²) in [7, 11) is 0. The predicted octanol–water partition coefficient (Wildman–Crippen LogP) is 3.18. The predicted molar refractivity (Wildman–Crippen MR) is 76.4 cm³/mol. The number of alkyl halides is 1. The normalized spacial score (nSPS) is 34.4. The molecule has 5 heteroatoms. The van der Waals surface area contributed by atoms with Crippen molar-refractivity contribution in [3.8, 4) is 0 Å². The van der Waals surface area contributed by atoms with Crippen LogP contribution in [-0.2, 0) is 9.53 Å². The van der Waals surface area contributed by atoms with Crippen LogP contribution in [0.25, 0.3) is 0 Å². The molecule has 1 amide bonds. The van der Waals surface area contributed by atoms with Crippen LogP contribution in [0.4, 0.5) is 4.79 Å². The van der Waals surface area contributed by atoms with Crippen LogP contribution >= 0.6 is 15.9 Å². The topological polar surface area (TPSA) is 55.4 Å². The fourth-order valence-corrected chi connectivity index (χ4v) is 3.95. The van der Waals surface area contributed by atoms with Crippen molar-refractivity contribution in [2.75, 3.05) is 0 Å². The van der Waals surface area contributed by atoms with Crippen LogP contribution in [0, 0.1) is 5.41 Å². The molecule has 4 nitrogen and oxygen atoms in total. The number of nitrogens with one attached hydrogen (secondary N) is 1. The molecule has 1 unspecified atom stereocenters. The molecule has 3 aliphatic carbocycles. The first-order valence-corrected chi connectivity index (χ1v) is 7.69. The number of hydrogen-bond acceptors (Lipinski definition) is 3. The second-order valence-corrected chi connectivity index (χ2v) is 8.39. The first kappa shape index (κ1) is 14.8. The van der Waals surface area contributed by atoms with Gasteiger partial charge in [0.1, 0.15) is 5.60 Å². The Kier molecular flexibility index (Phi) is 3.49. The highest BCUT2D eigenvalue weighted by atomic mass is 79.9. The van der Waals surface area contributed by atoms with E-state index in [4.69, 9.17) is 4.74 Å². The fraction of sp³-hybridized carbons (Fsp3) is 0.857. The zero-order chi connectivity index (χ0) is 14.5. The molecule has 1 N–H and O–H groups in total. The first-order valence-electron chi connectivity index (χ1n) is 6.77. The van der Waals surface area contributed by atoms with E-state index in [0.717, 1.165) is 25.7 Å². The van der Waals surface area contributed by atoms with Gasteiger partial charge in [-0.15, -0.1) is 0 Å². The lowest BCUT2D eigenvalue weighted by atomic mass is 9.62. The number of ketones is 1. The molecule has 108 valence electrons. The van der Waals surface area contributed by atoms with Gasteiger partial charge in [0.2, 0.25) is 0 Å². The second-order valence-electron chi connectivity index (χ2n) is 7.02. The van der Waals surface area contributed by atoms with E-state index < -0.39 is 5.60 Å². The quantitative estimate of drug-likeness (QED) is 0.808. The van der Waals surface area contributed by atoms with Crippen molar-refractivity contribution < 1.29 is 14.3 Å². The van der Waals surface area contributed by atoms with Gasteiger partial charge in [-0.25, -0.2) is 4.79 Å². The maximum absolute atomic E-state index is 12.2. The Labute approximate surface area is 122 Å². The Morgan fingerprint density at radius 1 is 1.26 bits per heavy atom. The van der Waals surface area contributed by atoms with E-state index >= 15 is 0 Å². The molecule has 3 rings (SSSR count). The van der Waals surface area contributed by atoms with Crippen molar-refractivity contribution in [2.45, 2.75) is 69.3 Å². The van der Waals surface area contributed by atoms with Crippen LogP contribution in [0.15, 0.2) is 0 Å². The molecule has 1 atom stereocenters. The van der Waals surface area contributed by atoms with Crippen LogP contribution < -0.4 is 5.32 Å². The summed E-state index contributed by atoms with van der Waals surface area (Å²) in [5.74, 6) is 0.270. The number of rotatable bonds is 3. The number of ether oxygens (including phenoxy) is 1. The molecular formula is C14H22BrNO3. The van der Waals surface area contributed by atoms with Crippen LogP contribution in [0.3, 0.4) is 0 Å². The highest BCUT2D eigenvalue weighted by Crippen LogP contribution is 2.62. The van der Waals surface area contributed by atoms with Crippen molar-refractivity contribution in [3.63, 3.8) is 0 Å². The molecule has 0 aromatic rings. The van der Waals surface area contributed by atoms with Crippen molar-refractivity contribution >= 4 is 27.8 Å². The van der Waals surface area contributed by atoms with Crippen molar-refractivity contribution in [1.29, 1.82) is 0 Å². The molecule has 3 saturated carbocycles. The Balaban J connectivity index is 1.93. The van der Waals surface area contributed by atoms with E-state index in [9.17, 15) is 9.59 Å². The van der Waals surface area contributed by atoms with E-state index in [2.05, 4.69) is 21.2 Å². The van der Waals surface area contributed by atoms with Gasteiger partial charge in [-0.1, -0.05) is 15.9 Å². The van der Waals surface area contributed by atoms with Gasteiger partial charge < -0.3 is 10.1 Å². The largest absolute Gasteiger partial charge is 0.444 e. The summed E-state index contributed by atoms with van der Waals surface area (Å²) >= 11 is 3.36. The number of carbonyl (C=O) groups is 2. The van der Waals surface area contributed by atoms with Crippen LogP contribution in [0.2, 0.25) is 0 Å². The minimum absolute atomic E-state index is 0.106. The summed E-state index contributed by atoms with van der Waals surface area (Å²) < 4.78 is 5.29. The third kappa shape index (κ3) is 2.81. The molecule has 3 aliphatic rings. The zero-order valence-electron chi connectivity index (χ0n) is 12.0. The van der Waals surface area contributed by atoms with Gasteiger partial charge in [-0.05, 0) is 53.4 Å². The van der Waals surface area contributed by atoms with E-state index in [1.54, 1.807) is 0 Å². The van der Waals surface area contributed by atoms with Crippen LogP contribution in [0.1, 0.15) is 53.4 Å². The lowest BCUT2D eigenvalue weighted by Crippen LogP contribution is -2.59. The lowest BCUT2D eigenvalue weighted by molar-refractivity contribution is -0.132. The minimum atomic E-state index is -0.486. The third-order valence-electron chi connectivity index (χ3n) is 4.09. The Morgan fingerprint density at radius 2 is 1.84 bits per heavy atom. The standard InChI is InChI=1S/C14H22BrNO3/c1-9(15)10(17)13-5-6-14(7-13,8-13)16-11(18)19-12(2,3)4/h9H,5-8H2,1-4H3,(H,16,18). The monoisotopic (exact) mass is 331 g/mol. The molecule has 19 heavy (non-hydrogen) atoms. The van der Waals surface area contributed by atoms with Gasteiger partial charge in [0.05, 0.1) is 4.83 Å². The average molecular weight is 332 g/mol. The summed E-state index contributed by atoms with van der Waals surface area (Å²) in [6.45, 7) is 7.41. The van der Waals surface area contributed by atoms with Gasteiger partial charge in [-0.2, -0.15) is 0 Å². The van der Waals surface area contributed by atoms with Crippen LogP contribution in [0.5, 0.6) is 0 Å².